The molecule has 0 radical (unpaired) electrons. The maximum absolute atomic E-state index is 12.6. The summed E-state index contributed by atoms with van der Waals surface area (Å²) in [5.74, 6) is -0.629. The molecule has 2 nitrogen and oxygen atoms in total. The molecule has 2 unspecified atom stereocenters. The van der Waals surface area contributed by atoms with E-state index in [9.17, 15) is 8.78 Å². The second-order valence-electron chi connectivity index (χ2n) is 3.54. The zero-order chi connectivity index (χ0) is 9.97. The Hall–Kier alpha value is -1.03. The smallest absolute Gasteiger partial charge is 0.243 e. The third kappa shape index (κ3) is 1.75. The summed E-state index contributed by atoms with van der Waals surface area (Å²) < 4.78 is 25.2. The molecule has 1 fully saturated rings. The highest BCUT2D eigenvalue weighted by Crippen LogP contribution is 2.31. The lowest BCUT2D eigenvalue weighted by atomic mass is 9.90. The largest absolute Gasteiger partial charge is 0.316 e. The van der Waals surface area contributed by atoms with Crippen LogP contribution >= 0.6 is 0 Å². The number of nitrogens with one attached hydrogen (secondary N) is 1. The molecule has 1 aliphatic rings. The molecule has 2 rings (SSSR count). The van der Waals surface area contributed by atoms with Gasteiger partial charge in [-0.2, -0.15) is 0 Å². The van der Waals surface area contributed by atoms with Crippen LogP contribution in [-0.2, 0) is 0 Å². The Morgan fingerprint density at radius 1 is 1.29 bits per heavy atom. The number of hydrogen-bond donors (Lipinski definition) is 1. The van der Waals surface area contributed by atoms with E-state index in [-0.39, 0.29) is 5.92 Å². The predicted molar refractivity (Wildman–Crippen MR) is 49.3 cm³/mol. The lowest BCUT2D eigenvalue weighted by molar-refractivity contribution is 0.0787. The van der Waals surface area contributed by atoms with Gasteiger partial charge in [0.1, 0.15) is 0 Å². The van der Waals surface area contributed by atoms with Crippen molar-refractivity contribution in [3.05, 3.63) is 30.1 Å². The van der Waals surface area contributed by atoms with E-state index in [2.05, 4.69) is 10.3 Å². The summed E-state index contributed by atoms with van der Waals surface area (Å²) in [6.07, 6.45) is 1.05. The lowest BCUT2D eigenvalue weighted by Crippen LogP contribution is -2.19. The molecule has 0 spiro atoms. The molecule has 2 atom stereocenters. The summed E-state index contributed by atoms with van der Waals surface area (Å²) >= 11 is 0. The van der Waals surface area contributed by atoms with E-state index in [1.807, 2.05) is 12.1 Å². The highest BCUT2D eigenvalue weighted by Gasteiger charge is 2.34. The standard InChI is InChI=1S/C10H12F2N2/c11-10(12)9-6-14-5-8(9)7-1-3-13-4-2-7/h1-4,8-10,14H,5-6H2. The Morgan fingerprint density at radius 3 is 2.64 bits per heavy atom. The molecule has 1 aromatic heterocycles. The highest BCUT2D eigenvalue weighted by atomic mass is 19.3. The summed E-state index contributed by atoms with van der Waals surface area (Å²) in [5, 5.41) is 3.00. The molecule has 76 valence electrons. The molecule has 1 N–H and O–H groups in total. The van der Waals surface area contributed by atoms with E-state index in [4.69, 9.17) is 0 Å². The maximum atomic E-state index is 12.6. The number of hydrogen-bond acceptors (Lipinski definition) is 2. The SMILES string of the molecule is FC(F)C1CNCC1c1ccncc1. The molecule has 14 heavy (non-hydrogen) atoms. The third-order valence-corrected chi connectivity index (χ3v) is 2.72. The molecule has 1 aromatic rings. The highest BCUT2D eigenvalue weighted by molar-refractivity contribution is 5.19. The van der Waals surface area contributed by atoms with Crippen LogP contribution in [0.25, 0.3) is 0 Å². The summed E-state index contributed by atoms with van der Waals surface area (Å²) in [4.78, 5) is 3.88. The minimum absolute atomic E-state index is 0.0713. The van der Waals surface area contributed by atoms with Crippen molar-refractivity contribution in [2.75, 3.05) is 13.1 Å². The molecule has 4 heteroatoms. The van der Waals surface area contributed by atoms with Crippen molar-refractivity contribution < 1.29 is 8.78 Å². The lowest BCUT2D eigenvalue weighted by Gasteiger charge is -2.17. The van der Waals surface area contributed by atoms with E-state index >= 15 is 0 Å². The molecule has 1 saturated heterocycles. The number of halogens is 2. The minimum atomic E-state index is -2.25. The van der Waals surface area contributed by atoms with E-state index in [1.54, 1.807) is 12.4 Å². The molecular weight excluding hydrogens is 186 g/mol. The molecule has 0 bridgehead atoms. The zero-order valence-electron chi connectivity index (χ0n) is 7.66. The molecule has 1 aliphatic heterocycles. The summed E-state index contributed by atoms with van der Waals surface area (Å²) in [6, 6.07) is 3.63. The van der Waals surface area contributed by atoms with Crippen LogP contribution in [0, 0.1) is 5.92 Å². The fourth-order valence-electron chi connectivity index (χ4n) is 1.94. The van der Waals surface area contributed by atoms with Crippen molar-refractivity contribution in [3.63, 3.8) is 0 Å². The Bertz CT molecular complexity index is 289. The third-order valence-electron chi connectivity index (χ3n) is 2.72. The Kier molecular flexibility index (Phi) is 2.72. The number of rotatable bonds is 2. The van der Waals surface area contributed by atoms with E-state index in [0.29, 0.717) is 13.1 Å². The van der Waals surface area contributed by atoms with Crippen molar-refractivity contribution in [1.82, 2.24) is 10.3 Å². The van der Waals surface area contributed by atoms with Crippen molar-refractivity contribution >= 4 is 0 Å². The maximum Gasteiger partial charge on any atom is 0.243 e. The average molecular weight is 198 g/mol. The van der Waals surface area contributed by atoms with Gasteiger partial charge in [-0.15, -0.1) is 0 Å². The number of nitrogens with zero attached hydrogens (tertiary/aromatic N) is 1. The van der Waals surface area contributed by atoms with Crippen LogP contribution in [0.1, 0.15) is 11.5 Å². The summed E-state index contributed by atoms with van der Waals surface area (Å²) in [7, 11) is 0. The van der Waals surface area contributed by atoms with E-state index < -0.39 is 12.3 Å². The van der Waals surface area contributed by atoms with Gasteiger partial charge in [0.2, 0.25) is 6.43 Å². The van der Waals surface area contributed by atoms with Crippen LogP contribution in [0.15, 0.2) is 24.5 Å². The van der Waals surface area contributed by atoms with Gasteiger partial charge in [0.25, 0.3) is 0 Å². The first-order chi connectivity index (χ1) is 6.79. The molecular formula is C10H12F2N2. The van der Waals surface area contributed by atoms with Gasteiger partial charge >= 0.3 is 0 Å². The van der Waals surface area contributed by atoms with Crippen LogP contribution in [0.2, 0.25) is 0 Å². The van der Waals surface area contributed by atoms with Gasteiger partial charge < -0.3 is 5.32 Å². The summed E-state index contributed by atoms with van der Waals surface area (Å²) in [6.45, 7) is 1.05. The first-order valence-electron chi connectivity index (χ1n) is 4.68. The molecule has 0 saturated carbocycles. The predicted octanol–water partition coefficient (Wildman–Crippen LogP) is 1.65. The Balaban J connectivity index is 2.18. The number of aromatic nitrogens is 1. The monoisotopic (exact) mass is 198 g/mol. The van der Waals surface area contributed by atoms with Crippen LogP contribution in [0.4, 0.5) is 8.78 Å². The average Bonchev–Trinajstić information content (AvgIpc) is 2.67. The first-order valence-corrected chi connectivity index (χ1v) is 4.68. The van der Waals surface area contributed by atoms with Gasteiger partial charge in [-0.25, -0.2) is 8.78 Å². The van der Waals surface area contributed by atoms with Crippen LogP contribution in [0.3, 0.4) is 0 Å². The topological polar surface area (TPSA) is 24.9 Å². The van der Waals surface area contributed by atoms with Crippen molar-refractivity contribution in [2.24, 2.45) is 5.92 Å². The molecule has 0 aromatic carbocycles. The molecule has 0 aliphatic carbocycles. The molecule has 0 amide bonds. The zero-order valence-corrected chi connectivity index (χ0v) is 7.66. The fourth-order valence-corrected chi connectivity index (χ4v) is 1.94. The summed E-state index contributed by atoms with van der Waals surface area (Å²) in [5.41, 5.74) is 0.954. The van der Waals surface area contributed by atoms with Gasteiger partial charge in [-0.1, -0.05) is 0 Å². The second kappa shape index (κ2) is 4.00. The van der Waals surface area contributed by atoms with E-state index in [0.717, 1.165) is 5.56 Å². The minimum Gasteiger partial charge on any atom is -0.316 e. The quantitative estimate of drug-likeness (QED) is 0.781. The number of alkyl halides is 2. The van der Waals surface area contributed by atoms with E-state index in [1.165, 1.54) is 0 Å². The van der Waals surface area contributed by atoms with Crippen molar-refractivity contribution in [1.29, 1.82) is 0 Å². The van der Waals surface area contributed by atoms with Crippen LogP contribution in [0.5, 0.6) is 0 Å². The van der Waals surface area contributed by atoms with Crippen molar-refractivity contribution in [2.45, 2.75) is 12.3 Å². The van der Waals surface area contributed by atoms with Gasteiger partial charge in [0, 0.05) is 37.3 Å². The first kappa shape index (κ1) is 9.52. The number of pyridine rings is 1. The van der Waals surface area contributed by atoms with Gasteiger partial charge in [0.05, 0.1) is 0 Å². The Labute approximate surface area is 81.4 Å². The van der Waals surface area contributed by atoms with Crippen LogP contribution in [-0.4, -0.2) is 24.5 Å². The normalized spacial score (nSPS) is 27.1. The van der Waals surface area contributed by atoms with Gasteiger partial charge in [-0.3, -0.25) is 4.98 Å². The molecule has 2 heterocycles. The Morgan fingerprint density at radius 2 is 2.00 bits per heavy atom. The van der Waals surface area contributed by atoms with Crippen molar-refractivity contribution in [3.8, 4) is 0 Å². The fraction of sp³-hybridized carbons (Fsp3) is 0.500. The van der Waals surface area contributed by atoms with Gasteiger partial charge in [0.15, 0.2) is 0 Å². The second-order valence-corrected chi connectivity index (χ2v) is 3.54. The van der Waals surface area contributed by atoms with Gasteiger partial charge in [-0.05, 0) is 17.7 Å². The van der Waals surface area contributed by atoms with Crippen LogP contribution < -0.4 is 5.32 Å².